The maximum atomic E-state index is 12.8. The summed E-state index contributed by atoms with van der Waals surface area (Å²) in [6.07, 6.45) is 0. The Morgan fingerprint density at radius 1 is 0.913 bits per heavy atom. The number of rotatable bonds is 3. The van der Waals surface area contributed by atoms with Gasteiger partial charge in [0.2, 0.25) is 0 Å². The highest BCUT2D eigenvalue weighted by molar-refractivity contribution is 5.92. The number of anilines is 2. The molecule has 2 aromatic carbocycles. The lowest BCUT2D eigenvalue weighted by Crippen LogP contribution is -2.53. The fraction of sp³-hybridized carbons (Fsp3) is 0.316. The third kappa shape index (κ3) is 3.47. The average Bonchev–Trinajstić information content (AvgIpc) is 2.64. The van der Waals surface area contributed by atoms with Gasteiger partial charge in [-0.3, -0.25) is 4.90 Å². The van der Waals surface area contributed by atoms with E-state index in [1.807, 2.05) is 53.1 Å². The van der Waals surface area contributed by atoms with Crippen molar-refractivity contribution in [2.45, 2.75) is 6.92 Å². The Morgan fingerprint density at radius 3 is 2.04 bits per heavy atom. The van der Waals surface area contributed by atoms with Crippen molar-refractivity contribution in [2.24, 2.45) is 0 Å². The number of nitrogens with zero attached hydrogens (tertiary/aromatic N) is 3. The van der Waals surface area contributed by atoms with E-state index in [1.54, 1.807) is 0 Å². The summed E-state index contributed by atoms with van der Waals surface area (Å²) in [6.45, 7) is 5.98. The molecule has 4 heteroatoms. The van der Waals surface area contributed by atoms with Crippen LogP contribution in [-0.2, 0) is 0 Å². The number of carbonyl (C=O) groups is 1. The van der Waals surface area contributed by atoms with E-state index in [2.05, 4.69) is 29.2 Å². The lowest BCUT2D eigenvalue weighted by Gasteiger charge is -2.38. The molecule has 0 aliphatic carbocycles. The van der Waals surface area contributed by atoms with Gasteiger partial charge in [-0.15, -0.1) is 0 Å². The van der Waals surface area contributed by atoms with Crippen LogP contribution in [0.5, 0.6) is 0 Å². The third-order valence-electron chi connectivity index (χ3n) is 4.29. The Bertz CT molecular complexity index is 622. The summed E-state index contributed by atoms with van der Waals surface area (Å²) in [6, 6.07) is 20.4. The van der Waals surface area contributed by atoms with E-state index in [4.69, 9.17) is 0 Å². The second-order valence-electron chi connectivity index (χ2n) is 5.67. The molecule has 1 fully saturated rings. The summed E-state index contributed by atoms with van der Waals surface area (Å²) >= 11 is 0. The second-order valence-corrected chi connectivity index (χ2v) is 5.67. The maximum absolute atomic E-state index is 12.8. The van der Waals surface area contributed by atoms with Crippen molar-refractivity contribution >= 4 is 17.4 Å². The van der Waals surface area contributed by atoms with Gasteiger partial charge >= 0.3 is 6.03 Å². The molecule has 1 heterocycles. The minimum atomic E-state index is 0.103. The van der Waals surface area contributed by atoms with Crippen LogP contribution >= 0.6 is 0 Å². The summed E-state index contributed by atoms with van der Waals surface area (Å²) in [5, 5.41) is 0. The summed E-state index contributed by atoms with van der Waals surface area (Å²) in [5.41, 5.74) is 2.19. The quantitative estimate of drug-likeness (QED) is 0.868. The van der Waals surface area contributed by atoms with Crippen LogP contribution in [0.1, 0.15) is 6.92 Å². The van der Waals surface area contributed by atoms with Crippen molar-refractivity contribution < 1.29 is 4.79 Å². The summed E-state index contributed by atoms with van der Waals surface area (Å²) in [7, 11) is 0. The Kier molecular flexibility index (Phi) is 4.81. The summed E-state index contributed by atoms with van der Waals surface area (Å²) in [5.74, 6) is 0. The number of urea groups is 1. The number of amides is 2. The van der Waals surface area contributed by atoms with Crippen molar-refractivity contribution in [2.75, 3.05) is 42.5 Å². The first-order chi connectivity index (χ1) is 11.3. The van der Waals surface area contributed by atoms with E-state index in [9.17, 15) is 4.79 Å². The molecule has 1 aliphatic heterocycles. The van der Waals surface area contributed by atoms with Crippen LogP contribution in [0, 0.1) is 0 Å². The summed E-state index contributed by atoms with van der Waals surface area (Å²) < 4.78 is 0. The highest BCUT2D eigenvalue weighted by atomic mass is 16.2. The summed E-state index contributed by atoms with van der Waals surface area (Å²) in [4.78, 5) is 18.9. The van der Waals surface area contributed by atoms with Crippen LogP contribution in [0.2, 0.25) is 0 Å². The van der Waals surface area contributed by atoms with Crippen molar-refractivity contribution in [1.82, 2.24) is 4.90 Å². The highest BCUT2D eigenvalue weighted by Crippen LogP contribution is 2.19. The minimum absolute atomic E-state index is 0.103. The Balaban J connectivity index is 1.64. The predicted octanol–water partition coefficient (Wildman–Crippen LogP) is 3.46. The highest BCUT2D eigenvalue weighted by Gasteiger charge is 2.25. The van der Waals surface area contributed by atoms with Crippen LogP contribution in [-0.4, -0.2) is 43.7 Å². The molecule has 0 atom stereocenters. The van der Waals surface area contributed by atoms with E-state index < -0.39 is 0 Å². The molecule has 0 N–H and O–H groups in total. The van der Waals surface area contributed by atoms with Crippen LogP contribution < -0.4 is 9.80 Å². The molecule has 0 spiro atoms. The van der Waals surface area contributed by atoms with Crippen molar-refractivity contribution in [3.8, 4) is 0 Å². The standard InChI is InChI=1S/C19H23N3O/c1-2-22(18-11-7-4-8-12-18)19(23)21-15-13-20(14-16-21)17-9-5-3-6-10-17/h3-12H,2,13-16H2,1H3. The van der Waals surface area contributed by atoms with Gasteiger partial charge in [0.1, 0.15) is 0 Å². The zero-order chi connectivity index (χ0) is 16.1. The molecule has 2 aromatic rings. The van der Waals surface area contributed by atoms with E-state index in [0.29, 0.717) is 6.54 Å². The van der Waals surface area contributed by atoms with Gasteiger partial charge in [0.05, 0.1) is 0 Å². The van der Waals surface area contributed by atoms with Gasteiger partial charge in [0.15, 0.2) is 0 Å². The number of para-hydroxylation sites is 2. The van der Waals surface area contributed by atoms with E-state index in [0.717, 1.165) is 31.9 Å². The van der Waals surface area contributed by atoms with Crippen molar-refractivity contribution in [3.05, 3.63) is 60.7 Å². The molecule has 0 unspecified atom stereocenters. The second kappa shape index (κ2) is 7.18. The Morgan fingerprint density at radius 2 is 1.48 bits per heavy atom. The SMILES string of the molecule is CCN(C(=O)N1CCN(c2ccccc2)CC1)c1ccccc1. The maximum Gasteiger partial charge on any atom is 0.324 e. The van der Waals surface area contributed by atoms with Crippen LogP contribution in [0.3, 0.4) is 0 Å². The van der Waals surface area contributed by atoms with Crippen molar-refractivity contribution in [1.29, 1.82) is 0 Å². The normalized spacial score (nSPS) is 14.7. The van der Waals surface area contributed by atoms with Gasteiger partial charge in [-0.1, -0.05) is 36.4 Å². The first-order valence-electron chi connectivity index (χ1n) is 8.21. The largest absolute Gasteiger partial charge is 0.368 e. The first kappa shape index (κ1) is 15.4. The number of hydrogen-bond acceptors (Lipinski definition) is 2. The zero-order valence-corrected chi connectivity index (χ0v) is 13.6. The zero-order valence-electron chi connectivity index (χ0n) is 13.6. The number of benzene rings is 2. The molecule has 120 valence electrons. The first-order valence-corrected chi connectivity index (χ1v) is 8.21. The van der Waals surface area contributed by atoms with Gasteiger partial charge in [-0.05, 0) is 31.2 Å². The fourth-order valence-corrected chi connectivity index (χ4v) is 3.00. The molecule has 3 rings (SSSR count). The lowest BCUT2D eigenvalue weighted by atomic mass is 10.2. The molecule has 1 aliphatic rings. The smallest absolute Gasteiger partial charge is 0.324 e. The topological polar surface area (TPSA) is 26.8 Å². The molecule has 2 amide bonds. The predicted molar refractivity (Wildman–Crippen MR) is 95.1 cm³/mol. The number of piperazine rings is 1. The Hall–Kier alpha value is -2.49. The van der Waals surface area contributed by atoms with Crippen LogP contribution in [0.4, 0.5) is 16.2 Å². The van der Waals surface area contributed by atoms with Crippen LogP contribution in [0.15, 0.2) is 60.7 Å². The molecule has 0 saturated carbocycles. The third-order valence-corrected chi connectivity index (χ3v) is 4.29. The molecular weight excluding hydrogens is 286 g/mol. The van der Waals surface area contributed by atoms with E-state index >= 15 is 0 Å². The van der Waals surface area contributed by atoms with Gasteiger partial charge in [0, 0.05) is 44.1 Å². The number of carbonyl (C=O) groups excluding carboxylic acids is 1. The average molecular weight is 309 g/mol. The molecular formula is C19H23N3O. The number of hydrogen-bond donors (Lipinski definition) is 0. The molecule has 1 saturated heterocycles. The van der Waals surface area contributed by atoms with Gasteiger partial charge in [0.25, 0.3) is 0 Å². The van der Waals surface area contributed by atoms with Gasteiger partial charge in [-0.25, -0.2) is 4.79 Å². The van der Waals surface area contributed by atoms with E-state index in [-0.39, 0.29) is 6.03 Å². The lowest BCUT2D eigenvalue weighted by molar-refractivity contribution is 0.201. The molecule has 0 bridgehead atoms. The van der Waals surface area contributed by atoms with Gasteiger partial charge < -0.3 is 9.80 Å². The van der Waals surface area contributed by atoms with Crippen molar-refractivity contribution in [3.63, 3.8) is 0 Å². The molecule has 0 radical (unpaired) electrons. The minimum Gasteiger partial charge on any atom is -0.368 e. The Labute approximate surface area is 137 Å². The van der Waals surface area contributed by atoms with Crippen LogP contribution in [0.25, 0.3) is 0 Å². The van der Waals surface area contributed by atoms with Gasteiger partial charge in [-0.2, -0.15) is 0 Å². The van der Waals surface area contributed by atoms with E-state index in [1.165, 1.54) is 5.69 Å². The monoisotopic (exact) mass is 309 g/mol. The molecule has 23 heavy (non-hydrogen) atoms. The molecule has 4 nitrogen and oxygen atoms in total. The fourth-order valence-electron chi connectivity index (χ4n) is 3.00. The molecule has 0 aromatic heterocycles.